The van der Waals surface area contributed by atoms with Crippen LogP contribution in [0.4, 0.5) is 5.69 Å². The predicted molar refractivity (Wildman–Crippen MR) is 67.7 cm³/mol. The predicted octanol–water partition coefficient (Wildman–Crippen LogP) is 2.97. The number of hydrogen-bond donors (Lipinski definition) is 2. The number of halogens is 1. The second kappa shape index (κ2) is 6.19. The topological polar surface area (TPSA) is 49.3 Å². The first-order chi connectivity index (χ1) is 7.65. The molecule has 84 valence electrons. The minimum Gasteiger partial charge on any atom is -0.478 e. The van der Waals surface area contributed by atoms with Gasteiger partial charge in [0, 0.05) is 23.1 Å². The largest absolute Gasteiger partial charge is 0.478 e. The molecule has 4 heteroatoms. The van der Waals surface area contributed by atoms with Gasteiger partial charge in [-0.05, 0) is 25.1 Å². The highest BCUT2D eigenvalue weighted by atomic mass is 79.9. The summed E-state index contributed by atoms with van der Waals surface area (Å²) in [4.78, 5) is 11.0. The van der Waals surface area contributed by atoms with Crippen LogP contribution in [-0.2, 0) is 0 Å². The fourth-order valence-electron chi connectivity index (χ4n) is 1.23. The zero-order valence-corrected chi connectivity index (χ0v) is 10.5. The van der Waals surface area contributed by atoms with Crippen LogP contribution in [0.2, 0.25) is 0 Å². The van der Waals surface area contributed by atoms with E-state index in [1.807, 2.05) is 0 Å². The maximum absolute atomic E-state index is 11.0. The van der Waals surface area contributed by atoms with Crippen molar-refractivity contribution in [3.63, 3.8) is 0 Å². The van der Waals surface area contributed by atoms with Crippen LogP contribution in [0.25, 0.3) is 0 Å². The molecule has 0 aliphatic rings. The Bertz CT molecular complexity index is 446. The molecule has 0 amide bonds. The third kappa shape index (κ3) is 3.59. The van der Waals surface area contributed by atoms with Crippen LogP contribution in [0.15, 0.2) is 22.7 Å². The van der Waals surface area contributed by atoms with Crippen LogP contribution in [0.1, 0.15) is 23.7 Å². The lowest BCUT2D eigenvalue weighted by molar-refractivity contribution is 0.0698. The molecule has 0 bridgehead atoms. The molecule has 0 heterocycles. The van der Waals surface area contributed by atoms with E-state index in [2.05, 4.69) is 33.1 Å². The number of benzene rings is 1. The fourth-order valence-corrected chi connectivity index (χ4v) is 1.59. The van der Waals surface area contributed by atoms with Gasteiger partial charge in [0.25, 0.3) is 0 Å². The molecule has 0 aromatic heterocycles. The quantitative estimate of drug-likeness (QED) is 0.659. The van der Waals surface area contributed by atoms with Gasteiger partial charge in [0.1, 0.15) is 0 Å². The lowest BCUT2D eigenvalue weighted by atomic mass is 10.2. The normalized spacial score (nSPS) is 9.12. The molecule has 3 nitrogen and oxygen atoms in total. The van der Waals surface area contributed by atoms with Crippen LogP contribution >= 0.6 is 15.9 Å². The summed E-state index contributed by atoms with van der Waals surface area (Å²) in [5.41, 5.74) is 0.882. The smallest absolute Gasteiger partial charge is 0.337 e. The maximum atomic E-state index is 11.0. The lowest BCUT2D eigenvalue weighted by Crippen LogP contribution is -2.07. The van der Waals surface area contributed by atoms with Gasteiger partial charge in [-0.2, -0.15) is 0 Å². The van der Waals surface area contributed by atoms with E-state index in [1.165, 1.54) is 0 Å². The van der Waals surface area contributed by atoms with Gasteiger partial charge in [0.15, 0.2) is 0 Å². The Morgan fingerprint density at radius 3 is 2.94 bits per heavy atom. The minimum atomic E-state index is -0.939. The summed E-state index contributed by atoms with van der Waals surface area (Å²) in [6, 6.07) is 5.13. The summed E-state index contributed by atoms with van der Waals surface area (Å²) in [6.45, 7) is 2.42. The highest BCUT2D eigenvalue weighted by Gasteiger charge is 2.09. The van der Waals surface area contributed by atoms with Crippen molar-refractivity contribution < 1.29 is 9.90 Å². The van der Waals surface area contributed by atoms with Crippen molar-refractivity contribution in [1.82, 2.24) is 0 Å². The Labute approximate surface area is 103 Å². The number of carbonyl (C=O) groups is 1. The van der Waals surface area contributed by atoms with E-state index in [0.717, 1.165) is 4.47 Å². The molecule has 0 unspecified atom stereocenters. The third-order valence-corrected chi connectivity index (χ3v) is 2.45. The molecule has 0 atom stereocenters. The molecule has 0 aliphatic carbocycles. The van der Waals surface area contributed by atoms with Crippen LogP contribution in [0, 0.1) is 11.8 Å². The van der Waals surface area contributed by atoms with E-state index in [-0.39, 0.29) is 5.56 Å². The summed E-state index contributed by atoms with van der Waals surface area (Å²) in [6.07, 6.45) is 0.700. The van der Waals surface area contributed by atoms with Gasteiger partial charge in [-0.1, -0.05) is 15.9 Å². The van der Waals surface area contributed by atoms with Crippen LogP contribution < -0.4 is 5.32 Å². The second-order valence-electron chi connectivity index (χ2n) is 3.10. The summed E-state index contributed by atoms with van der Waals surface area (Å²) in [7, 11) is 0. The van der Waals surface area contributed by atoms with Gasteiger partial charge in [-0.25, -0.2) is 4.79 Å². The van der Waals surface area contributed by atoms with E-state index < -0.39 is 5.97 Å². The first-order valence-corrected chi connectivity index (χ1v) is 5.60. The molecular formula is C12H12BrNO2. The minimum absolute atomic E-state index is 0.263. The lowest BCUT2D eigenvalue weighted by Gasteiger charge is -2.08. The molecule has 0 saturated heterocycles. The van der Waals surface area contributed by atoms with E-state index in [4.69, 9.17) is 5.11 Å². The zero-order chi connectivity index (χ0) is 12.0. The van der Waals surface area contributed by atoms with Crippen molar-refractivity contribution in [2.24, 2.45) is 0 Å². The second-order valence-corrected chi connectivity index (χ2v) is 4.01. The van der Waals surface area contributed by atoms with Gasteiger partial charge in [0.05, 0.1) is 5.56 Å². The van der Waals surface area contributed by atoms with Crippen molar-refractivity contribution in [2.45, 2.75) is 13.3 Å². The highest BCUT2D eigenvalue weighted by Crippen LogP contribution is 2.20. The number of aromatic carboxylic acids is 1. The Kier molecular flexibility index (Phi) is 4.87. The number of rotatable bonds is 4. The summed E-state index contributed by atoms with van der Waals surface area (Å²) in [5, 5.41) is 12.1. The molecule has 0 radical (unpaired) electrons. The molecule has 0 aliphatic heterocycles. The van der Waals surface area contributed by atoms with Gasteiger partial charge in [0.2, 0.25) is 0 Å². The summed E-state index contributed by atoms with van der Waals surface area (Å²) in [5.74, 6) is 4.76. The van der Waals surface area contributed by atoms with E-state index in [9.17, 15) is 4.79 Å². The van der Waals surface area contributed by atoms with Crippen LogP contribution in [0.5, 0.6) is 0 Å². The maximum Gasteiger partial charge on any atom is 0.337 e. The van der Waals surface area contributed by atoms with Crippen molar-refractivity contribution in [1.29, 1.82) is 0 Å². The number of anilines is 1. The molecule has 2 N–H and O–H groups in total. The van der Waals surface area contributed by atoms with Gasteiger partial charge < -0.3 is 10.4 Å². The Morgan fingerprint density at radius 2 is 2.31 bits per heavy atom. The van der Waals surface area contributed by atoms with Crippen molar-refractivity contribution in [3.05, 3.63) is 28.2 Å². The van der Waals surface area contributed by atoms with E-state index >= 15 is 0 Å². The number of carboxylic acids is 1. The molecule has 1 aromatic carbocycles. The van der Waals surface area contributed by atoms with Gasteiger partial charge in [-0.3, -0.25) is 0 Å². The van der Waals surface area contributed by atoms with Crippen molar-refractivity contribution >= 4 is 27.6 Å². The first-order valence-electron chi connectivity index (χ1n) is 4.81. The first kappa shape index (κ1) is 12.6. The monoisotopic (exact) mass is 281 g/mol. The average molecular weight is 282 g/mol. The summed E-state index contributed by atoms with van der Waals surface area (Å²) < 4.78 is 0.754. The molecular weight excluding hydrogens is 270 g/mol. The molecule has 0 fully saturated rings. The van der Waals surface area contributed by atoms with Crippen molar-refractivity contribution in [3.8, 4) is 11.8 Å². The molecule has 16 heavy (non-hydrogen) atoms. The SMILES string of the molecule is CC#CCCNc1ccc(Br)cc1C(=O)O. The standard InChI is InChI=1S/C12H12BrNO2/c1-2-3-4-7-14-11-6-5-9(13)8-10(11)12(15)16/h5-6,8,14H,4,7H2,1H3,(H,15,16). The van der Waals surface area contributed by atoms with E-state index in [0.29, 0.717) is 18.7 Å². The Hall–Kier alpha value is -1.47. The summed E-state index contributed by atoms with van der Waals surface area (Å²) >= 11 is 3.24. The highest BCUT2D eigenvalue weighted by molar-refractivity contribution is 9.10. The number of nitrogens with one attached hydrogen (secondary N) is 1. The third-order valence-electron chi connectivity index (χ3n) is 1.95. The average Bonchev–Trinajstić information content (AvgIpc) is 2.26. The van der Waals surface area contributed by atoms with Crippen molar-refractivity contribution in [2.75, 3.05) is 11.9 Å². The molecule has 0 spiro atoms. The van der Waals surface area contributed by atoms with Gasteiger partial charge >= 0.3 is 5.97 Å². The number of hydrogen-bond acceptors (Lipinski definition) is 2. The Balaban J connectivity index is 2.77. The van der Waals surface area contributed by atoms with Gasteiger partial charge in [-0.15, -0.1) is 11.8 Å². The fraction of sp³-hybridized carbons (Fsp3) is 0.250. The van der Waals surface area contributed by atoms with Crippen LogP contribution in [0.3, 0.4) is 0 Å². The molecule has 1 rings (SSSR count). The Morgan fingerprint density at radius 1 is 1.56 bits per heavy atom. The number of carboxylic acid groups (broad SMARTS) is 1. The van der Waals surface area contributed by atoms with E-state index in [1.54, 1.807) is 25.1 Å². The van der Waals surface area contributed by atoms with Crippen LogP contribution in [-0.4, -0.2) is 17.6 Å². The molecule has 0 saturated carbocycles. The zero-order valence-electron chi connectivity index (χ0n) is 8.88. The molecule has 1 aromatic rings.